The Morgan fingerprint density at radius 3 is 3.05 bits per heavy atom. The molecule has 1 aliphatic rings. The minimum atomic E-state index is -0.343. The smallest absolute Gasteiger partial charge is 0.204 e. The Kier molecular flexibility index (Phi) is 3.35. The van der Waals surface area contributed by atoms with E-state index < -0.39 is 0 Å². The SMILES string of the molecule is CN(C)CC1CC(O)CN1c1nc2ccc(F)cc2[nH]1. The number of benzene rings is 1. The Hall–Kier alpha value is -1.66. The highest BCUT2D eigenvalue weighted by molar-refractivity contribution is 5.77. The summed E-state index contributed by atoms with van der Waals surface area (Å²) < 4.78 is 13.2. The molecule has 0 bridgehead atoms. The van der Waals surface area contributed by atoms with Crippen LogP contribution in [0.5, 0.6) is 0 Å². The van der Waals surface area contributed by atoms with Crippen molar-refractivity contribution in [3.8, 4) is 0 Å². The summed E-state index contributed by atoms with van der Waals surface area (Å²) in [5.41, 5.74) is 1.43. The summed E-state index contributed by atoms with van der Waals surface area (Å²) in [4.78, 5) is 11.8. The van der Waals surface area contributed by atoms with Gasteiger partial charge in [-0.3, -0.25) is 0 Å². The number of halogens is 1. The van der Waals surface area contributed by atoms with Crippen LogP contribution in [-0.2, 0) is 0 Å². The highest BCUT2D eigenvalue weighted by Gasteiger charge is 2.33. The number of aliphatic hydroxyl groups excluding tert-OH is 1. The van der Waals surface area contributed by atoms with E-state index >= 15 is 0 Å². The summed E-state index contributed by atoms with van der Waals surface area (Å²) in [6.07, 6.45) is 0.383. The summed E-state index contributed by atoms with van der Waals surface area (Å²) >= 11 is 0. The fourth-order valence-corrected chi connectivity index (χ4v) is 2.85. The first-order valence-corrected chi connectivity index (χ1v) is 6.77. The molecule has 20 heavy (non-hydrogen) atoms. The van der Waals surface area contributed by atoms with E-state index in [1.54, 1.807) is 6.07 Å². The molecule has 0 amide bonds. The maximum atomic E-state index is 13.2. The summed E-state index contributed by atoms with van der Waals surface area (Å²) in [6, 6.07) is 4.73. The number of β-amino-alcohol motifs (C(OH)–C–C–N with tert-alkyl or cyclic N) is 1. The van der Waals surface area contributed by atoms with Gasteiger partial charge in [-0.1, -0.05) is 0 Å². The van der Waals surface area contributed by atoms with Gasteiger partial charge in [-0.05, 0) is 38.7 Å². The quantitative estimate of drug-likeness (QED) is 0.886. The highest BCUT2D eigenvalue weighted by atomic mass is 19.1. The van der Waals surface area contributed by atoms with Gasteiger partial charge in [-0.2, -0.15) is 0 Å². The number of hydrogen-bond donors (Lipinski definition) is 2. The van der Waals surface area contributed by atoms with E-state index in [0.29, 0.717) is 18.0 Å². The van der Waals surface area contributed by atoms with E-state index in [2.05, 4.69) is 19.8 Å². The number of aromatic nitrogens is 2. The second-order valence-electron chi connectivity index (χ2n) is 5.68. The molecule has 1 saturated heterocycles. The molecular formula is C14H19FN4O. The number of anilines is 1. The Morgan fingerprint density at radius 2 is 2.30 bits per heavy atom. The standard InChI is InChI=1S/C14H19FN4O/c1-18(2)7-10-6-11(20)8-19(10)14-16-12-4-3-9(15)5-13(12)17-14/h3-5,10-11,20H,6-8H2,1-2H3,(H,16,17). The maximum absolute atomic E-state index is 13.2. The molecule has 1 fully saturated rings. The molecule has 108 valence electrons. The molecule has 2 atom stereocenters. The molecule has 0 saturated carbocycles. The zero-order valence-corrected chi connectivity index (χ0v) is 11.7. The number of imidazole rings is 1. The Morgan fingerprint density at radius 1 is 1.50 bits per heavy atom. The number of fused-ring (bicyclic) bond motifs is 1. The van der Waals surface area contributed by atoms with Gasteiger partial charge in [0.15, 0.2) is 0 Å². The Labute approximate surface area is 117 Å². The fourth-order valence-electron chi connectivity index (χ4n) is 2.85. The van der Waals surface area contributed by atoms with Crippen LogP contribution in [0.25, 0.3) is 11.0 Å². The molecule has 2 N–H and O–H groups in total. The number of nitrogens with zero attached hydrogens (tertiary/aromatic N) is 3. The van der Waals surface area contributed by atoms with Crippen LogP contribution >= 0.6 is 0 Å². The molecule has 3 rings (SSSR count). The zero-order valence-electron chi connectivity index (χ0n) is 11.7. The zero-order chi connectivity index (χ0) is 14.3. The van der Waals surface area contributed by atoms with Crippen LogP contribution in [0.15, 0.2) is 18.2 Å². The summed E-state index contributed by atoms with van der Waals surface area (Å²) in [5, 5.41) is 9.90. The van der Waals surface area contributed by atoms with Gasteiger partial charge >= 0.3 is 0 Å². The van der Waals surface area contributed by atoms with Crippen molar-refractivity contribution < 1.29 is 9.50 Å². The molecule has 2 aromatic rings. The van der Waals surface area contributed by atoms with Crippen LogP contribution < -0.4 is 4.90 Å². The van der Waals surface area contributed by atoms with Crippen LogP contribution in [0.3, 0.4) is 0 Å². The highest BCUT2D eigenvalue weighted by Crippen LogP contribution is 2.26. The molecule has 0 radical (unpaired) electrons. The number of aromatic amines is 1. The van der Waals surface area contributed by atoms with E-state index in [1.807, 2.05) is 14.1 Å². The monoisotopic (exact) mass is 278 g/mol. The van der Waals surface area contributed by atoms with E-state index in [1.165, 1.54) is 12.1 Å². The van der Waals surface area contributed by atoms with Crippen molar-refractivity contribution >= 4 is 17.0 Å². The lowest BCUT2D eigenvalue weighted by atomic mass is 10.2. The lowest BCUT2D eigenvalue weighted by molar-refractivity contribution is 0.191. The van der Waals surface area contributed by atoms with Crippen molar-refractivity contribution in [2.24, 2.45) is 0 Å². The van der Waals surface area contributed by atoms with Gasteiger partial charge in [0, 0.05) is 19.1 Å². The summed E-state index contributed by atoms with van der Waals surface area (Å²) in [5.74, 6) is 0.424. The van der Waals surface area contributed by atoms with Gasteiger partial charge in [-0.15, -0.1) is 0 Å². The largest absolute Gasteiger partial charge is 0.391 e. The van der Waals surface area contributed by atoms with E-state index in [-0.39, 0.29) is 18.0 Å². The van der Waals surface area contributed by atoms with E-state index in [9.17, 15) is 9.50 Å². The van der Waals surface area contributed by atoms with Crippen LogP contribution in [-0.4, -0.2) is 59.3 Å². The first-order valence-electron chi connectivity index (χ1n) is 6.77. The molecule has 5 nitrogen and oxygen atoms in total. The molecule has 0 aliphatic carbocycles. The van der Waals surface area contributed by atoms with Crippen molar-refractivity contribution in [1.29, 1.82) is 0 Å². The van der Waals surface area contributed by atoms with Gasteiger partial charge in [0.1, 0.15) is 5.82 Å². The number of aliphatic hydroxyl groups is 1. The van der Waals surface area contributed by atoms with Crippen LogP contribution in [0.4, 0.5) is 10.3 Å². The van der Waals surface area contributed by atoms with Crippen molar-refractivity contribution in [1.82, 2.24) is 14.9 Å². The van der Waals surface area contributed by atoms with Crippen LogP contribution in [0.1, 0.15) is 6.42 Å². The van der Waals surface area contributed by atoms with Crippen molar-refractivity contribution in [3.05, 3.63) is 24.0 Å². The first kappa shape index (κ1) is 13.3. The third kappa shape index (κ3) is 2.48. The van der Waals surface area contributed by atoms with Gasteiger partial charge in [0.25, 0.3) is 0 Å². The van der Waals surface area contributed by atoms with Crippen LogP contribution in [0.2, 0.25) is 0 Å². The van der Waals surface area contributed by atoms with Gasteiger partial charge in [-0.25, -0.2) is 9.37 Å². The second kappa shape index (κ2) is 5.03. The minimum absolute atomic E-state index is 0.213. The molecule has 6 heteroatoms. The van der Waals surface area contributed by atoms with Crippen LogP contribution in [0, 0.1) is 5.82 Å². The Bertz CT molecular complexity index is 612. The van der Waals surface area contributed by atoms with Gasteiger partial charge in [0.05, 0.1) is 17.1 Å². The third-order valence-electron chi connectivity index (χ3n) is 3.67. The summed E-state index contributed by atoms with van der Waals surface area (Å²) in [6.45, 7) is 1.41. The fraction of sp³-hybridized carbons (Fsp3) is 0.500. The summed E-state index contributed by atoms with van der Waals surface area (Å²) in [7, 11) is 4.02. The molecular weight excluding hydrogens is 259 g/mol. The normalized spacial score (nSPS) is 23.1. The van der Waals surface area contributed by atoms with Gasteiger partial charge in [0.2, 0.25) is 5.95 Å². The molecule has 2 heterocycles. The predicted molar refractivity (Wildman–Crippen MR) is 76.4 cm³/mol. The second-order valence-corrected chi connectivity index (χ2v) is 5.68. The molecule has 0 spiro atoms. The number of H-pyrrole nitrogens is 1. The van der Waals surface area contributed by atoms with Crippen molar-refractivity contribution in [2.45, 2.75) is 18.6 Å². The number of likely N-dealkylation sites (N-methyl/N-ethyl adjacent to an activating group) is 1. The lowest BCUT2D eigenvalue weighted by Crippen LogP contribution is -2.38. The molecule has 2 unspecified atom stereocenters. The maximum Gasteiger partial charge on any atom is 0.204 e. The topological polar surface area (TPSA) is 55.4 Å². The average molecular weight is 278 g/mol. The van der Waals surface area contributed by atoms with Crippen molar-refractivity contribution in [2.75, 3.05) is 32.1 Å². The number of nitrogens with one attached hydrogen (secondary N) is 1. The first-order chi connectivity index (χ1) is 9.52. The van der Waals surface area contributed by atoms with Crippen molar-refractivity contribution in [3.63, 3.8) is 0 Å². The average Bonchev–Trinajstić information content (AvgIpc) is 2.91. The van der Waals surface area contributed by atoms with E-state index in [4.69, 9.17) is 0 Å². The van der Waals surface area contributed by atoms with Gasteiger partial charge < -0.3 is 19.9 Å². The molecule has 1 aromatic heterocycles. The number of rotatable bonds is 3. The molecule has 1 aromatic carbocycles. The number of hydrogen-bond acceptors (Lipinski definition) is 4. The minimum Gasteiger partial charge on any atom is -0.391 e. The Balaban J connectivity index is 1.92. The van der Waals surface area contributed by atoms with E-state index in [0.717, 1.165) is 18.5 Å². The lowest BCUT2D eigenvalue weighted by Gasteiger charge is -2.26. The predicted octanol–water partition coefficient (Wildman–Crippen LogP) is 1.20. The third-order valence-corrected chi connectivity index (χ3v) is 3.67. The molecule has 1 aliphatic heterocycles.